The van der Waals surface area contributed by atoms with Crippen LogP contribution < -0.4 is 0 Å². The fourth-order valence-corrected chi connectivity index (χ4v) is 6.32. The summed E-state index contributed by atoms with van der Waals surface area (Å²) in [5, 5.41) is 0. The second-order valence-electron chi connectivity index (χ2n) is 14.6. The Morgan fingerprint density at radius 3 is 0.816 bits per heavy atom. The molecule has 0 aromatic heterocycles. The van der Waals surface area contributed by atoms with Crippen molar-refractivity contribution < 1.29 is 28.6 Å². The molecule has 290 valence electrons. The van der Waals surface area contributed by atoms with Gasteiger partial charge in [0.05, 0.1) is 0 Å². The fraction of sp³-hybridized carbons (Fsp3) is 0.930. The molecule has 0 radical (unpaired) electrons. The Kier molecular flexibility index (Phi) is 37.9. The average Bonchev–Trinajstić information content (AvgIpc) is 3.10. The maximum Gasteiger partial charge on any atom is 0.306 e. The van der Waals surface area contributed by atoms with E-state index >= 15 is 0 Å². The van der Waals surface area contributed by atoms with E-state index in [1.165, 1.54) is 141 Å². The first-order chi connectivity index (χ1) is 24.0. The predicted octanol–water partition coefficient (Wildman–Crippen LogP) is 13.3. The average molecular weight is 695 g/mol. The van der Waals surface area contributed by atoms with Gasteiger partial charge in [0, 0.05) is 19.3 Å². The topological polar surface area (TPSA) is 78.9 Å². The van der Waals surface area contributed by atoms with Crippen LogP contribution in [0.2, 0.25) is 0 Å². The van der Waals surface area contributed by atoms with Gasteiger partial charge in [-0.2, -0.15) is 0 Å². The van der Waals surface area contributed by atoms with Crippen molar-refractivity contribution >= 4 is 17.9 Å². The molecule has 0 saturated carbocycles. The van der Waals surface area contributed by atoms with Gasteiger partial charge >= 0.3 is 17.9 Å². The van der Waals surface area contributed by atoms with E-state index in [9.17, 15) is 14.4 Å². The minimum absolute atomic E-state index is 0.0637. The maximum atomic E-state index is 12.6. The summed E-state index contributed by atoms with van der Waals surface area (Å²) < 4.78 is 16.6. The molecule has 0 spiro atoms. The van der Waals surface area contributed by atoms with Crippen LogP contribution in [0.1, 0.15) is 239 Å². The third-order valence-electron chi connectivity index (χ3n) is 9.61. The molecule has 6 nitrogen and oxygen atoms in total. The van der Waals surface area contributed by atoms with E-state index in [0.717, 1.165) is 57.8 Å². The van der Waals surface area contributed by atoms with Gasteiger partial charge in [-0.25, -0.2) is 0 Å². The van der Waals surface area contributed by atoms with E-state index in [1.54, 1.807) is 0 Å². The van der Waals surface area contributed by atoms with E-state index in [0.29, 0.717) is 19.3 Å². The summed E-state index contributed by atoms with van der Waals surface area (Å²) >= 11 is 0. The van der Waals surface area contributed by atoms with Gasteiger partial charge < -0.3 is 14.2 Å². The molecule has 0 aliphatic heterocycles. The fourth-order valence-electron chi connectivity index (χ4n) is 6.32. The van der Waals surface area contributed by atoms with Crippen LogP contribution in [-0.2, 0) is 28.6 Å². The lowest BCUT2D eigenvalue weighted by Gasteiger charge is -2.18. The van der Waals surface area contributed by atoms with Gasteiger partial charge in [-0.05, 0) is 19.3 Å². The molecule has 0 aliphatic rings. The molecule has 1 atom stereocenters. The second-order valence-corrected chi connectivity index (χ2v) is 14.6. The molecular weight excluding hydrogens is 612 g/mol. The van der Waals surface area contributed by atoms with Gasteiger partial charge in [-0.15, -0.1) is 0 Å². The van der Waals surface area contributed by atoms with Crippen molar-refractivity contribution in [2.45, 2.75) is 245 Å². The Morgan fingerprint density at radius 2 is 0.551 bits per heavy atom. The standard InChI is InChI=1S/C43H82O6/c1-4-7-10-13-16-19-20-21-22-23-24-25-28-30-33-36-42(45)48-39-40(49-43(46)37-34-31-27-18-15-12-9-6-3)38-47-41(44)35-32-29-26-17-14-11-8-5-2/h40H,4-39H2,1-3H3. The van der Waals surface area contributed by atoms with Gasteiger partial charge in [0.25, 0.3) is 0 Å². The van der Waals surface area contributed by atoms with Crippen molar-refractivity contribution in [3.8, 4) is 0 Å². The minimum Gasteiger partial charge on any atom is -0.462 e. The van der Waals surface area contributed by atoms with E-state index in [2.05, 4.69) is 20.8 Å². The molecule has 0 rings (SSSR count). The first-order valence-electron chi connectivity index (χ1n) is 21.5. The first-order valence-corrected chi connectivity index (χ1v) is 21.5. The summed E-state index contributed by atoms with van der Waals surface area (Å²) in [6.07, 6.45) is 38.1. The molecule has 1 unspecified atom stereocenters. The summed E-state index contributed by atoms with van der Waals surface area (Å²) in [5.74, 6) is -0.864. The molecule has 0 N–H and O–H groups in total. The SMILES string of the molecule is CCCCCCCCCCCCCCCCCC(=O)OCC(COC(=O)CCCCCCCCCC)OC(=O)CCCCCCCCCC. The van der Waals surface area contributed by atoms with Crippen molar-refractivity contribution in [1.29, 1.82) is 0 Å². The summed E-state index contributed by atoms with van der Waals surface area (Å²) in [6.45, 7) is 6.59. The largest absolute Gasteiger partial charge is 0.462 e. The highest BCUT2D eigenvalue weighted by molar-refractivity contribution is 5.71. The van der Waals surface area contributed by atoms with Gasteiger partial charge in [-0.1, -0.05) is 201 Å². The number of esters is 3. The van der Waals surface area contributed by atoms with Crippen LogP contribution in [0.25, 0.3) is 0 Å². The Morgan fingerprint density at radius 1 is 0.327 bits per heavy atom. The normalized spacial score (nSPS) is 11.8. The molecule has 0 fully saturated rings. The Balaban J connectivity index is 4.23. The number of rotatable bonds is 39. The second kappa shape index (κ2) is 39.2. The Hall–Kier alpha value is -1.59. The summed E-state index contributed by atoms with van der Waals surface area (Å²) in [4.78, 5) is 37.4. The van der Waals surface area contributed by atoms with E-state index in [-0.39, 0.29) is 31.1 Å². The smallest absolute Gasteiger partial charge is 0.306 e. The van der Waals surface area contributed by atoms with Gasteiger partial charge in [0.1, 0.15) is 13.2 Å². The zero-order chi connectivity index (χ0) is 35.9. The van der Waals surface area contributed by atoms with Crippen LogP contribution in [0, 0.1) is 0 Å². The molecule has 0 aliphatic carbocycles. The predicted molar refractivity (Wildman–Crippen MR) is 206 cm³/mol. The van der Waals surface area contributed by atoms with Crippen molar-refractivity contribution in [3.63, 3.8) is 0 Å². The molecule has 0 amide bonds. The Bertz CT molecular complexity index is 723. The molecule has 0 aromatic carbocycles. The lowest BCUT2D eigenvalue weighted by atomic mass is 10.0. The van der Waals surface area contributed by atoms with Crippen LogP contribution in [-0.4, -0.2) is 37.2 Å². The number of hydrogen-bond acceptors (Lipinski definition) is 6. The first kappa shape index (κ1) is 47.4. The quantitative estimate of drug-likeness (QED) is 0.0362. The highest BCUT2D eigenvalue weighted by atomic mass is 16.6. The number of ether oxygens (including phenoxy) is 3. The third kappa shape index (κ3) is 37.5. The number of unbranched alkanes of at least 4 members (excludes halogenated alkanes) is 28. The van der Waals surface area contributed by atoms with Gasteiger partial charge in [-0.3, -0.25) is 14.4 Å². The van der Waals surface area contributed by atoms with Crippen molar-refractivity contribution in [2.75, 3.05) is 13.2 Å². The van der Waals surface area contributed by atoms with E-state index in [1.807, 2.05) is 0 Å². The third-order valence-corrected chi connectivity index (χ3v) is 9.61. The summed E-state index contributed by atoms with van der Waals surface area (Å²) in [6, 6.07) is 0. The van der Waals surface area contributed by atoms with Crippen LogP contribution in [0.3, 0.4) is 0 Å². The van der Waals surface area contributed by atoms with E-state index < -0.39 is 6.10 Å². The summed E-state index contributed by atoms with van der Waals surface area (Å²) in [7, 11) is 0. The van der Waals surface area contributed by atoms with Crippen LogP contribution in [0.4, 0.5) is 0 Å². The van der Waals surface area contributed by atoms with Crippen molar-refractivity contribution in [2.24, 2.45) is 0 Å². The molecule has 6 heteroatoms. The van der Waals surface area contributed by atoms with Gasteiger partial charge in [0.15, 0.2) is 6.10 Å². The van der Waals surface area contributed by atoms with E-state index in [4.69, 9.17) is 14.2 Å². The monoisotopic (exact) mass is 695 g/mol. The van der Waals surface area contributed by atoms with Crippen molar-refractivity contribution in [1.82, 2.24) is 0 Å². The maximum absolute atomic E-state index is 12.6. The van der Waals surface area contributed by atoms with Crippen LogP contribution in [0.5, 0.6) is 0 Å². The number of carbonyl (C=O) groups is 3. The minimum atomic E-state index is -0.755. The molecule has 0 saturated heterocycles. The zero-order valence-corrected chi connectivity index (χ0v) is 33.0. The number of hydrogen-bond donors (Lipinski definition) is 0. The lowest BCUT2D eigenvalue weighted by molar-refractivity contribution is -0.167. The van der Waals surface area contributed by atoms with Crippen LogP contribution >= 0.6 is 0 Å². The van der Waals surface area contributed by atoms with Gasteiger partial charge in [0.2, 0.25) is 0 Å². The molecule has 49 heavy (non-hydrogen) atoms. The number of carbonyl (C=O) groups excluding carboxylic acids is 3. The highest BCUT2D eigenvalue weighted by Gasteiger charge is 2.19. The lowest BCUT2D eigenvalue weighted by Crippen LogP contribution is -2.30. The Labute approximate surface area is 304 Å². The van der Waals surface area contributed by atoms with Crippen LogP contribution in [0.15, 0.2) is 0 Å². The highest BCUT2D eigenvalue weighted by Crippen LogP contribution is 2.15. The molecule has 0 heterocycles. The summed E-state index contributed by atoms with van der Waals surface area (Å²) in [5.41, 5.74) is 0. The zero-order valence-electron chi connectivity index (χ0n) is 33.0. The molecule has 0 bridgehead atoms. The van der Waals surface area contributed by atoms with Crippen molar-refractivity contribution in [3.05, 3.63) is 0 Å². The molecule has 0 aromatic rings. The molecular formula is C43H82O6.